The molecule has 136 valence electrons. The Morgan fingerprint density at radius 3 is 2.38 bits per heavy atom. The van der Waals surface area contributed by atoms with Crippen LogP contribution in [-0.2, 0) is 22.2 Å². The summed E-state index contributed by atoms with van der Waals surface area (Å²) < 4.78 is 32.5. The Morgan fingerprint density at radius 1 is 0.962 bits per heavy atom. The van der Waals surface area contributed by atoms with Gasteiger partial charge in [-0.05, 0) is 24.1 Å². The van der Waals surface area contributed by atoms with Gasteiger partial charge in [-0.25, -0.2) is 8.42 Å². The zero-order valence-electron chi connectivity index (χ0n) is 14.0. The fourth-order valence-corrected chi connectivity index (χ4v) is 4.48. The number of nitrogens with one attached hydrogen (secondary N) is 1. The van der Waals surface area contributed by atoms with E-state index in [2.05, 4.69) is 14.9 Å². The van der Waals surface area contributed by atoms with E-state index in [4.69, 9.17) is 4.74 Å². The number of rotatable bonds is 9. The van der Waals surface area contributed by atoms with Crippen LogP contribution in [0.5, 0.6) is 5.75 Å². The van der Waals surface area contributed by atoms with Crippen LogP contribution in [-0.4, -0.2) is 25.2 Å². The average molecular weight is 390 g/mol. The zero-order chi connectivity index (χ0) is 18.2. The van der Waals surface area contributed by atoms with E-state index >= 15 is 0 Å². The highest BCUT2D eigenvalue weighted by Gasteiger charge is 2.14. The van der Waals surface area contributed by atoms with Crippen LogP contribution < -0.4 is 9.46 Å². The van der Waals surface area contributed by atoms with Gasteiger partial charge in [-0.15, -0.1) is 10.2 Å². The van der Waals surface area contributed by atoms with Gasteiger partial charge in [-0.2, -0.15) is 0 Å². The Bertz CT molecular complexity index is 913. The Kier molecular flexibility index (Phi) is 6.19. The van der Waals surface area contributed by atoms with E-state index in [1.54, 1.807) is 12.1 Å². The van der Waals surface area contributed by atoms with Gasteiger partial charge < -0.3 is 4.74 Å². The Labute approximate surface area is 156 Å². The van der Waals surface area contributed by atoms with Crippen molar-refractivity contribution in [3.05, 3.63) is 71.2 Å². The van der Waals surface area contributed by atoms with E-state index < -0.39 is 10.0 Å². The number of para-hydroxylation sites is 1. The zero-order valence-corrected chi connectivity index (χ0v) is 15.7. The minimum Gasteiger partial charge on any atom is -0.494 e. The predicted octanol–water partition coefficient (Wildman–Crippen LogP) is 3.49. The lowest BCUT2D eigenvalue weighted by Gasteiger charge is -2.04. The van der Waals surface area contributed by atoms with Crippen LogP contribution in [0.2, 0.25) is 0 Å². The van der Waals surface area contributed by atoms with E-state index in [9.17, 15) is 8.42 Å². The molecule has 0 fully saturated rings. The summed E-state index contributed by atoms with van der Waals surface area (Å²) in [5, 5.41) is 9.02. The molecular weight excluding hydrogens is 370 g/mol. The van der Waals surface area contributed by atoms with Crippen LogP contribution >= 0.6 is 11.3 Å². The second-order valence-electron chi connectivity index (χ2n) is 5.61. The standard InChI is InChI=1S/C18H19N3O3S2/c22-26(23,14-15-8-3-1-4-9-15)21-18-20-19-17(25-18)12-7-13-24-16-10-5-2-6-11-16/h1-6,8-11H,7,12-14H2,(H,20,21). The van der Waals surface area contributed by atoms with Gasteiger partial charge in [0.1, 0.15) is 10.8 Å². The quantitative estimate of drug-likeness (QED) is 0.567. The molecule has 26 heavy (non-hydrogen) atoms. The molecule has 1 N–H and O–H groups in total. The first-order valence-electron chi connectivity index (χ1n) is 8.15. The first-order valence-corrected chi connectivity index (χ1v) is 10.6. The fourth-order valence-electron chi connectivity index (χ4n) is 2.29. The van der Waals surface area contributed by atoms with Crippen molar-refractivity contribution in [2.45, 2.75) is 18.6 Å². The summed E-state index contributed by atoms with van der Waals surface area (Å²) in [5.41, 5.74) is 0.725. The number of hydrogen-bond acceptors (Lipinski definition) is 6. The summed E-state index contributed by atoms with van der Waals surface area (Å²) in [6, 6.07) is 18.6. The van der Waals surface area contributed by atoms with Crippen LogP contribution in [0.4, 0.5) is 5.13 Å². The van der Waals surface area contributed by atoms with Gasteiger partial charge in [-0.3, -0.25) is 4.72 Å². The molecule has 0 spiro atoms. The molecule has 0 atom stereocenters. The fraction of sp³-hybridized carbons (Fsp3) is 0.222. The molecule has 2 aromatic carbocycles. The van der Waals surface area contributed by atoms with E-state index in [0.29, 0.717) is 18.2 Å². The topological polar surface area (TPSA) is 81.2 Å². The Balaban J connectivity index is 1.46. The highest BCUT2D eigenvalue weighted by molar-refractivity contribution is 7.92. The molecule has 0 aliphatic carbocycles. The molecular formula is C18H19N3O3S2. The smallest absolute Gasteiger partial charge is 0.238 e. The van der Waals surface area contributed by atoms with Gasteiger partial charge in [0.15, 0.2) is 0 Å². The van der Waals surface area contributed by atoms with Crippen molar-refractivity contribution in [3.8, 4) is 5.75 Å². The highest BCUT2D eigenvalue weighted by Crippen LogP contribution is 2.19. The summed E-state index contributed by atoms with van der Waals surface area (Å²) in [6.07, 6.45) is 1.46. The third-order valence-electron chi connectivity index (χ3n) is 3.46. The first-order chi connectivity index (χ1) is 12.6. The number of aryl methyl sites for hydroxylation is 1. The van der Waals surface area contributed by atoms with Crippen LogP contribution in [0, 0.1) is 0 Å². The normalized spacial score (nSPS) is 11.2. The summed E-state index contributed by atoms with van der Waals surface area (Å²) in [7, 11) is -3.50. The molecule has 3 aromatic rings. The predicted molar refractivity (Wildman–Crippen MR) is 103 cm³/mol. The minimum atomic E-state index is -3.50. The monoisotopic (exact) mass is 389 g/mol. The maximum atomic E-state index is 12.2. The van der Waals surface area contributed by atoms with Crippen molar-refractivity contribution >= 4 is 26.5 Å². The van der Waals surface area contributed by atoms with Crippen LogP contribution in [0.25, 0.3) is 0 Å². The van der Waals surface area contributed by atoms with E-state index in [-0.39, 0.29) is 5.75 Å². The van der Waals surface area contributed by atoms with E-state index in [1.165, 1.54) is 11.3 Å². The van der Waals surface area contributed by atoms with Crippen molar-refractivity contribution in [1.29, 1.82) is 0 Å². The summed E-state index contributed by atoms with van der Waals surface area (Å²) in [4.78, 5) is 0. The van der Waals surface area contributed by atoms with Crippen molar-refractivity contribution in [1.82, 2.24) is 10.2 Å². The molecule has 0 aliphatic heterocycles. The Morgan fingerprint density at radius 2 is 1.65 bits per heavy atom. The van der Waals surface area contributed by atoms with E-state index in [0.717, 1.165) is 22.7 Å². The van der Waals surface area contributed by atoms with Crippen LogP contribution in [0.15, 0.2) is 60.7 Å². The van der Waals surface area contributed by atoms with Gasteiger partial charge in [0.05, 0.1) is 12.4 Å². The van der Waals surface area contributed by atoms with Gasteiger partial charge in [0.2, 0.25) is 15.2 Å². The summed E-state index contributed by atoms with van der Waals surface area (Å²) >= 11 is 1.25. The van der Waals surface area contributed by atoms with E-state index in [1.807, 2.05) is 48.5 Å². The molecule has 0 unspecified atom stereocenters. The number of anilines is 1. The largest absolute Gasteiger partial charge is 0.494 e. The number of benzene rings is 2. The van der Waals surface area contributed by atoms with Crippen molar-refractivity contribution in [3.63, 3.8) is 0 Å². The number of sulfonamides is 1. The first kappa shape index (κ1) is 18.3. The maximum Gasteiger partial charge on any atom is 0.238 e. The summed E-state index contributed by atoms with van der Waals surface area (Å²) in [5.74, 6) is 0.743. The van der Waals surface area contributed by atoms with Crippen molar-refractivity contribution in [2.75, 3.05) is 11.3 Å². The minimum absolute atomic E-state index is 0.0896. The maximum absolute atomic E-state index is 12.2. The van der Waals surface area contributed by atoms with Crippen molar-refractivity contribution in [2.24, 2.45) is 0 Å². The van der Waals surface area contributed by atoms with Gasteiger partial charge >= 0.3 is 0 Å². The molecule has 0 bridgehead atoms. The molecule has 0 amide bonds. The molecule has 3 rings (SSSR count). The molecule has 1 aromatic heterocycles. The third kappa shape index (κ3) is 5.82. The van der Waals surface area contributed by atoms with Crippen molar-refractivity contribution < 1.29 is 13.2 Å². The molecule has 8 heteroatoms. The summed E-state index contributed by atoms with van der Waals surface area (Å²) in [6.45, 7) is 0.568. The van der Waals surface area contributed by atoms with Gasteiger partial charge in [0.25, 0.3) is 0 Å². The SMILES string of the molecule is O=S(=O)(Cc1ccccc1)Nc1nnc(CCCOc2ccccc2)s1. The second kappa shape index (κ2) is 8.77. The lowest BCUT2D eigenvalue weighted by molar-refractivity contribution is 0.311. The van der Waals surface area contributed by atoms with Crippen LogP contribution in [0.3, 0.4) is 0 Å². The highest BCUT2D eigenvalue weighted by atomic mass is 32.2. The number of nitrogens with zero attached hydrogens (tertiary/aromatic N) is 2. The van der Waals surface area contributed by atoms with Gasteiger partial charge in [0, 0.05) is 6.42 Å². The molecule has 0 saturated carbocycles. The number of aromatic nitrogens is 2. The molecule has 0 aliphatic rings. The molecule has 6 nitrogen and oxygen atoms in total. The number of hydrogen-bond donors (Lipinski definition) is 1. The molecule has 0 saturated heterocycles. The third-order valence-corrected chi connectivity index (χ3v) is 5.70. The lowest BCUT2D eigenvalue weighted by atomic mass is 10.2. The average Bonchev–Trinajstić information content (AvgIpc) is 3.06. The lowest BCUT2D eigenvalue weighted by Crippen LogP contribution is -2.14. The molecule has 1 heterocycles. The Hall–Kier alpha value is -2.45. The number of ether oxygens (including phenoxy) is 1. The van der Waals surface area contributed by atoms with Gasteiger partial charge in [-0.1, -0.05) is 59.9 Å². The second-order valence-corrected chi connectivity index (χ2v) is 8.40. The molecule has 0 radical (unpaired) electrons. The van der Waals surface area contributed by atoms with Crippen LogP contribution in [0.1, 0.15) is 17.0 Å².